The minimum Gasteiger partial charge on any atom is -0.447 e. The van der Waals surface area contributed by atoms with E-state index in [4.69, 9.17) is 25.8 Å². The molecule has 0 saturated carbocycles. The number of benzene rings is 1. The lowest BCUT2D eigenvalue weighted by atomic mass is 9.77. The average molecular weight is 368 g/mol. The molecule has 1 aromatic carbocycles. The van der Waals surface area contributed by atoms with E-state index in [0.29, 0.717) is 19.8 Å². The fraction of sp³-hybridized carbons (Fsp3) is 0.632. The second kappa shape index (κ2) is 7.94. The first kappa shape index (κ1) is 18.5. The van der Waals surface area contributed by atoms with Crippen molar-refractivity contribution >= 4 is 17.7 Å². The van der Waals surface area contributed by atoms with Gasteiger partial charge in [0.15, 0.2) is 6.29 Å². The molecule has 25 heavy (non-hydrogen) atoms. The first-order valence-corrected chi connectivity index (χ1v) is 9.33. The smallest absolute Gasteiger partial charge is 0.407 e. The van der Waals surface area contributed by atoms with Crippen LogP contribution in [-0.4, -0.2) is 38.2 Å². The summed E-state index contributed by atoms with van der Waals surface area (Å²) < 4.78 is 16.4. The van der Waals surface area contributed by atoms with Crippen molar-refractivity contribution in [1.29, 1.82) is 0 Å². The van der Waals surface area contributed by atoms with Gasteiger partial charge in [0.2, 0.25) is 0 Å². The normalized spacial score (nSPS) is 23.0. The number of alkyl carbamates (subject to hydrolysis) is 1. The third-order valence-corrected chi connectivity index (χ3v) is 5.21. The molecule has 1 unspecified atom stereocenters. The summed E-state index contributed by atoms with van der Waals surface area (Å²) >= 11 is 6.15. The first-order valence-electron chi connectivity index (χ1n) is 8.95. The number of halogens is 1. The summed E-state index contributed by atoms with van der Waals surface area (Å²) in [5.74, 6) is 0. The zero-order valence-corrected chi connectivity index (χ0v) is 15.6. The number of aryl methyl sites for hydroxylation is 1. The molecule has 1 saturated heterocycles. The number of nitrogens with one attached hydrogen (secondary N) is 1. The minimum absolute atomic E-state index is 0.133. The number of fused-ring (bicyclic) bond motifs is 1. The number of hydrogen-bond donors (Lipinski definition) is 1. The summed E-state index contributed by atoms with van der Waals surface area (Å²) in [5, 5.41) is 3.71. The number of ether oxygens (including phenoxy) is 3. The number of carbonyl (C=O) groups is 1. The van der Waals surface area contributed by atoms with Gasteiger partial charge in [-0.1, -0.05) is 17.7 Å². The van der Waals surface area contributed by atoms with Crippen molar-refractivity contribution in [2.75, 3.05) is 19.8 Å². The van der Waals surface area contributed by atoms with Crippen LogP contribution in [0.2, 0.25) is 5.02 Å². The second-order valence-corrected chi connectivity index (χ2v) is 7.54. The molecule has 1 aromatic rings. The highest BCUT2D eigenvalue weighted by atomic mass is 35.5. The van der Waals surface area contributed by atoms with Gasteiger partial charge in [-0.15, -0.1) is 0 Å². The summed E-state index contributed by atoms with van der Waals surface area (Å²) in [4.78, 5) is 12.0. The van der Waals surface area contributed by atoms with Crippen molar-refractivity contribution in [2.45, 2.75) is 57.3 Å². The number of amides is 1. The van der Waals surface area contributed by atoms with Gasteiger partial charge in [0.1, 0.15) is 0 Å². The van der Waals surface area contributed by atoms with Gasteiger partial charge >= 0.3 is 6.09 Å². The van der Waals surface area contributed by atoms with E-state index in [0.717, 1.165) is 30.7 Å². The van der Waals surface area contributed by atoms with Crippen LogP contribution in [0.1, 0.15) is 44.2 Å². The Balaban J connectivity index is 1.74. The Morgan fingerprint density at radius 3 is 2.88 bits per heavy atom. The van der Waals surface area contributed by atoms with E-state index in [9.17, 15) is 4.79 Å². The third kappa shape index (κ3) is 4.46. The largest absolute Gasteiger partial charge is 0.447 e. The Morgan fingerprint density at radius 1 is 1.40 bits per heavy atom. The van der Waals surface area contributed by atoms with Gasteiger partial charge < -0.3 is 19.5 Å². The average Bonchev–Trinajstić information content (AvgIpc) is 3.19. The maximum absolute atomic E-state index is 12.0. The van der Waals surface area contributed by atoms with Crippen LogP contribution in [0, 0.1) is 0 Å². The Bertz CT molecular complexity index is 615. The van der Waals surface area contributed by atoms with E-state index in [-0.39, 0.29) is 23.9 Å². The SMILES string of the molecule is CC(C)OC(=O)NCC1(CCC2OCCO2)CCc2cc(Cl)ccc21. The van der Waals surface area contributed by atoms with Crippen molar-refractivity contribution < 1.29 is 19.0 Å². The molecule has 5 nitrogen and oxygen atoms in total. The molecule has 1 N–H and O–H groups in total. The Kier molecular flexibility index (Phi) is 5.87. The Labute approximate surface area is 154 Å². The maximum Gasteiger partial charge on any atom is 0.407 e. The van der Waals surface area contributed by atoms with Crippen LogP contribution in [0.5, 0.6) is 0 Å². The molecule has 1 heterocycles. The first-order chi connectivity index (χ1) is 12.0. The molecule has 1 fully saturated rings. The lowest BCUT2D eigenvalue weighted by molar-refractivity contribution is -0.0513. The van der Waals surface area contributed by atoms with E-state index in [1.54, 1.807) is 0 Å². The standard InChI is InChI=1S/C19H26ClNO4/c1-13(2)25-18(22)21-12-19(8-6-17-23-9-10-24-17)7-5-14-11-15(20)3-4-16(14)19/h3-4,11,13,17H,5-10,12H2,1-2H3,(H,21,22). The molecule has 1 amide bonds. The second-order valence-electron chi connectivity index (χ2n) is 7.10. The quantitative estimate of drug-likeness (QED) is 0.830. The van der Waals surface area contributed by atoms with Crippen LogP contribution in [0.15, 0.2) is 18.2 Å². The van der Waals surface area contributed by atoms with Crippen LogP contribution in [0.4, 0.5) is 4.79 Å². The van der Waals surface area contributed by atoms with Crippen molar-refractivity contribution in [3.8, 4) is 0 Å². The molecule has 2 aliphatic rings. The number of rotatable bonds is 6. The molecule has 0 aromatic heterocycles. The Hall–Kier alpha value is -1.30. The van der Waals surface area contributed by atoms with Crippen molar-refractivity contribution in [3.63, 3.8) is 0 Å². The highest BCUT2D eigenvalue weighted by Crippen LogP contribution is 2.43. The summed E-state index contributed by atoms with van der Waals surface area (Å²) in [6.07, 6.45) is 2.98. The minimum atomic E-state index is -0.370. The van der Waals surface area contributed by atoms with E-state index in [1.165, 1.54) is 11.1 Å². The van der Waals surface area contributed by atoms with Crippen LogP contribution >= 0.6 is 11.6 Å². The van der Waals surface area contributed by atoms with E-state index < -0.39 is 0 Å². The van der Waals surface area contributed by atoms with Gasteiger partial charge in [-0.25, -0.2) is 4.79 Å². The molecule has 138 valence electrons. The van der Waals surface area contributed by atoms with Crippen molar-refractivity contribution in [1.82, 2.24) is 5.32 Å². The lowest BCUT2D eigenvalue weighted by Crippen LogP contribution is -2.41. The van der Waals surface area contributed by atoms with Gasteiger partial charge in [-0.05, 0) is 62.8 Å². The molecule has 0 bridgehead atoms. The van der Waals surface area contributed by atoms with Crippen LogP contribution in [0.3, 0.4) is 0 Å². The zero-order chi connectivity index (χ0) is 17.9. The zero-order valence-electron chi connectivity index (χ0n) is 14.8. The monoisotopic (exact) mass is 367 g/mol. The maximum atomic E-state index is 12.0. The van der Waals surface area contributed by atoms with E-state index in [1.807, 2.05) is 26.0 Å². The number of hydrogen-bond acceptors (Lipinski definition) is 4. The molecular formula is C19H26ClNO4. The molecule has 6 heteroatoms. The lowest BCUT2D eigenvalue weighted by Gasteiger charge is -2.31. The fourth-order valence-corrected chi connectivity index (χ4v) is 3.99. The summed E-state index contributed by atoms with van der Waals surface area (Å²) in [6, 6.07) is 6.06. The van der Waals surface area contributed by atoms with Crippen molar-refractivity contribution in [3.05, 3.63) is 34.3 Å². The number of carbonyl (C=O) groups excluding carboxylic acids is 1. The van der Waals surface area contributed by atoms with Crippen molar-refractivity contribution in [2.24, 2.45) is 0 Å². The van der Waals surface area contributed by atoms with Gasteiger partial charge in [0.25, 0.3) is 0 Å². The summed E-state index contributed by atoms with van der Waals surface area (Å²) in [7, 11) is 0. The third-order valence-electron chi connectivity index (χ3n) is 4.97. The molecule has 0 spiro atoms. The van der Waals surface area contributed by atoms with E-state index >= 15 is 0 Å². The van der Waals surface area contributed by atoms with Crippen LogP contribution in [-0.2, 0) is 26.0 Å². The van der Waals surface area contributed by atoms with E-state index in [2.05, 4.69) is 11.4 Å². The predicted molar refractivity (Wildman–Crippen MR) is 96.0 cm³/mol. The fourth-order valence-electron chi connectivity index (χ4n) is 3.79. The Morgan fingerprint density at radius 2 is 2.16 bits per heavy atom. The molecule has 1 atom stereocenters. The molecular weight excluding hydrogens is 342 g/mol. The van der Waals surface area contributed by atoms with Gasteiger partial charge in [0, 0.05) is 17.0 Å². The summed E-state index contributed by atoms with van der Waals surface area (Å²) in [5.41, 5.74) is 2.39. The van der Waals surface area contributed by atoms with Gasteiger partial charge in [-0.3, -0.25) is 0 Å². The summed E-state index contributed by atoms with van der Waals surface area (Å²) in [6.45, 7) is 5.54. The highest BCUT2D eigenvalue weighted by Gasteiger charge is 2.39. The molecule has 0 radical (unpaired) electrons. The molecule has 1 aliphatic carbocycles. The van der Waals surface area contributed by atoms with Gasteiger partial charge in [-0.2, -0.15) is 0 Å². The highest BCUT2D eigenvalue weighted by molar-refractivity contribution is 6.30. The molecule has 3 rings (SSSR count). The van der Waals surface area contributed by atoms with Gasteiger partial charge in [0.05, 0.1) is 19.3 Å². The van der Waals surface area contributed by atoms with Crippen LogP contribution in [0.25, 0.3) is 0 Å². The topological polar surface area (TPSA) is 56.8 Å². The predicted octanol–water partition coefficient (Wildman–Crippen LogP) is 3.81. The van der Waals surface area contributed by atoms with Crippen LogP contribution < -0.4 is 5.32 Å². The molecule has 1 aliphatic heterocycles.